The van der Waals surface area contributed by atoms with Gasteiger partial charge in [-0.25, -0.2) is 13.4 Å². The lowest BCUT2D eigenvalue weighted by molar-refractivity contribution is 0.601. The second-order valence-electron chi connectivity index (χ2n) is 4.96. The smallest absolute Gasteiger partial charge is 0.225 e. The molecule has 0 fully saturated rings. The molecule has 0 aliphatic rings. The molecule has 116 valence electrons. The van der Waals surface area contributed by atoms with Crippen molar-refractivity contribution in [2.45, 2.75) is 13.3 Å². The Balaban J connectivity index is 2.42. The molecule has 0 atom stereocenters. The van der Waals surface area contributed by atoms with Crippen LogP contribution in [0.1, 0.15) is 11.8 Å². The van der Waals surface area contributed by atoms with Crippen molar-refractivity contribution in [2.24, 2.45) is 0 Å². The van der Waals surface area contributed by atoms with E-state index in [4.69, 9.17) is 0 Å². The molecular weight excluding hydrogens is 308 g/mol. The van der Waals surface area contributed by atoms with E-state index in [1.807, 2.05) is 11.9 Å². The molecular formula is C13H20N4O2S2. The maximum atomic E-state index is 11.3. The highest BCUT2D eigenvalue weighted by Gasteiger charge is 2.15. The molecule has 0 aliphatic heterocycles. The number of thiophene rings is 1. The average Bonchev–Trinajstić information content (AvgIpc) is 2.85. The van der Waals surface area contributed by atoms with Crippen molar-refractivity contribution in [3.63, 3.8) is 0 Å². The minimum absolute atomic E-state index is 0.106. The Hall–Kier alpha value is -1.41. The van der Waals surface area contributed by atoms with E-state index in [2.05, 4.69) is 28.3 Å². The van der Waals surface area contributed by atoms with Crippen LogP contribution in [0.3, 0.4) is 0 Å². The van der Waals surface area contributed by atoms with Gasteiger partial charge in [-0.2, -0.15) is 4.98 Å². The maximum absolute atomic E-state index is 11.3. The molecule has 0 radical (unpaired) electrons. The van der Waals surface area contributed by atoms with Crippen molar-refractivity contribution in [3.8, 4) is 0 Å². The topological polar surface area (TPSA) is 75.2 Å². The van der Waals surface area contributed by atoms with E-state index < -0.39 is 9.84 Å². The van der Waals surface area contributed by atoms with E-state index in [-0.39, 0.29) is 5.75 Å². The first-order valence-electron chi connectivity index (χ1n) is 6.71. The highest BCUT2D eigenvalue weighted by Crippen LogP contribution is 2.31. The van der Waals surface area contributed by atoms with Gasteiger partial charge in [0.25, 0.3) is 0 Å². The van der Waals surface area contributed by atoms with Gasteiger partial charge in [0.15, 0.2) is 0 Å². The van der Waals surface area contributed by atoms with Crippen molar-refractivity contribution in [2.75, 3.05) is 42.9 Å². The fourth-order valence-electron chi connectivity index (χ4n) is 1.94. The number of rotatable bonds is 6. The summed E-state index contributed by atoms with van der Waals surface area (Å²) in [4.78, 5) is 13.0. The van der Waals surface area contributed by atoms with E-state index in [1.54, 1.807) is 18.4 Å². The van der Waals surface area contributed by atoms with Gasteiger partial charge in [-0.05, 0) is 12.5 Å². The van der Waals surface area contributed by atoms with Crippen molar-refractivity contribution in [1.29, 1.82) is 0 Å². The summed E-state index contributed by atoms with van der Waals surface area (Å²) >= 11 is 1.65. The third kappa shape index (κ3) is 3.82. The molecule has 8 heteroatoms. The zero-order valence-corrected chi connectivity index (χ0v) is 14.3. The Kier molecular flexibility index (Phi) is 4.67. The Labute approximate surface area is 129 Å². The number of anilines is 2. The second kappa shape index (κ2) is 6.15. The molecule has 0 aliphatic carbocycles. The van der Waals surface area contributed by atoms with Gasteiger partial charge < -0.3 is 10.2 Å². The highest BCUT2D eigenvalue weighted by atomic mass is 32.2. The van der Waals surface area contributed by atoms with Crippen LogP contribution in [-0.4, -0.2) is 51.0 Å². The van der Waals surface area contributed by atoms with Crippen LogP contribution < -0.4 is 10.2 Å². The number of hydrogen-bond donors (Lipinski definition) is 1. The molecule has 1 N–H and O–H groups in total. The molecule has 0 saturated heterocycles. The van der Waals surface area contributed by atoms with Gasteiger partial charge in [-0.15, -0.1) is 11.3 Å². The van der Waals surface area contributed by atoms with Crippen LogP contribution in [0.2, 0.25) is 0 Å². The fourth-order valence-corrected chi connectivity index (χ4v) is 3.51. The van der Waals surface area contributed by atoms with Crippen LogP contribution in [0.25, 0.3) is 10.2 Å². The Morgan fingerprint density at radius 2 is 2.10 bits per heavy atom. The average molecular weight is 328 g/mol. The summed E-state index contributed by atoms with van der Waals surface area (Å²) < 4.78 is 22.7. The molecule has 0 saturated carbocycles. The standard InChI is InChI=1S/C13H20N4O2S2/c1-5-9-8-10-11(17(3)6-7-21(4,18)19)15-13(14-2)16-12(10)20-9/h8H,5-7H2,1-4H3,(H,14,15,16). The normalized spacial score (nSPS) is 11.8. The fraction of sp³-hybridized carbons (Fsp3) is 0.538. The minimum Gasteiger partial charge on any atom is -0.358 e. The number of aromatic nitrogens is 2. The highest BCUT2D eigenvalue weighted by molar-refractivity contribution is 7.90. The number of nitrogens with one attached hydrogen (secondary N) is 1. The van der Waals surface area contributed by atoms with Gasteiger partial charge in [0.05, 0.1) is 11.1 Å². The predicted octanol–water partition coefficient (Wildman–Crippen LogP) is 1.78. The maximum Gasteiger partial charge on any atom is 0.225 e. The Morgan fingerprint density at radius 3 is 2.67 bits per heavy atom. The van der Waals surface area contributed by atoms with Crippen LogP contribution >= 0.6 is 11.3 Å². The first-order chi connectivity index (χ1) is 9.84. The van der Waals surface area contributed by atoms with Crippen LogP contribution in [0.5, 0.6) is 0 Å². The second-order valence-corrected chi connectivity index (χ2v) is 8.33. The van der Waals surface area contributed by atoms with Gasteiger partial charge in [-0.3, -0.25) is 0 Å². The summed E-state index contributed by atoms with van der Waals surface area (Å²) in [6, 6.07) is 2.09. The molecule has 0 bridgehead atoms. The van der Waals surface area contributed by atoms with Gasteiger partial charge in [-0.1, -0.05) is 6.92 Å². The van der Waals surface area contributed by atoms with Gasteiger partial charge in [0.2, 0.25) is 5.95 Å². The van der Waals surface area contributed by atoms with Gasteiger partial charge in [0.1, 0.15) is 20.5 Å². The molecule has 2 aromatic heterocycles. The molecule has 2 heterocycles. The van der Waals surface area contributed by atoms with Crippen LogP contribution in [0, 0.1) is 0 Å². The molecule has 0 unspecified atom stereocenters. The molecule has 21 heavy (non-hydrogen) atoms. The number of aryl methyl sites for hydroxylation is 1. The summed E-state index contributed by atoms with van der Waals surface area (Å²) in [6.07, 6.45) is 2.19. The summed E-state index contributed by atoms with van der Waals surface area (Å²) in [5.41, 5.74) is 0. The largest absolute Gasteiger partial charge is 0.358 e. The number of sulfone groups is 1. The number of fused-ring (bicyclic) bond motifs is 1. The summed E-state index contributed by atoms with van der Waals surface area (Å²) in [5.74, 6) is 1.42. The molecule has 2 rings (SSSR count). The van der Waals surface area contributed by atoms with Gasteiger partial charge in [0, 0.05) is 31.8 Å². The first-order valence-corrected chi connectivity index (χ1v) is 9.59. The predicted molar refractivity (Wildman–Crippen MR) is 89.3 cm³/mol. The minimum atomic E-state index is -2.99. The molecule has 0 amide bonds. The monoisotopic (exact) mass is 328 g/mol. The number of hydrogen-bond acceptors (Lipinski definition) is 7. The molecule has 0 spiro atoms. The summed E-state index contributed by atoms with van der Waals surface area (Å²) in [6.45, 7) is 2.51. The molecule has 6 nitrogen and oxygen atoms in total. The number of nitrogens with zero attached hydrogens (tertiary/aromatic N) is 3. The van der Waals surface area contributed by atoms with E-state index in [1.165, 1.54) is 11.1 Å². The van der Waals surface area contributed by atoms with E-state index in [0.717, 1.165) is 22.5 Å². The van der Waals surface area contributed by atoms with Gasteiger partial charge >= 0.3 is 0 Å². The lowest BCUT2D eigenvalue weighted by atomic mass is 10.3. The Bertz CT molecular complexity index is 740. The van der Waals surface area contributed by atoms with Crippen LogP contribution in [-0.2, 0) is 16.3 Å². The van der Waals surface area contributed by atoms with E-state index in [0.29, 0.717) is 12.5 Å². The third-order valence-electron chi connectivity index (χ3n) is 3.15. The SMILES string of the molecule is CCc1cc2c(N(C)CCS(C)(=O)=O)nc(NC)nc2s1. The van der Waals surface area contributed by atoms with Crippen molar-refractivity contribution in [1.82, 2.24) is 9.97 Å². The molecule has 0 aromatic carbocycles. The summed E-state index contributed by atoms with van der Waals surface area (Å²) in [7, 11) is 0.637. The summed E-state index contributed by atoms with van der Waals surface area (Å²) in [5, 5.41) is 3.93. The zero-order chi connectivity index (χ0) is 15.6. The third-order valence-corrected chi connectivity index (χ3v) is 5.25. The zero-order valence-electron chi connectivity index (χ0n) is 12.7. The lowest BCUT2D eigenvalue weighted by Gasteiger charge is -2.19. The first kappa shape index (κ1) is 16.0. The van der Waals surface area contributed by atoms with Crippen LogP contribution in [0.15, 0.2) is 6.07 Å². The Morgan fingerprint density at radius 1 is 1.38 bits per heavy atom. The van der Waals surface area contributed by atoms with Crippen molar-refractivity contribution >= 4 is 43.2 Å². The van der Waals surface area contributed by atoms with E-state index in [9.17, 15) is 8.42 Å². The quantitative estimate of drug-likeness (QED) is 0.871. The van der Waals surface area contributed by atoms with Crippen LogP contribution in [0.4, 0.5) is 11.8 Å². The lowest BCUT2D eigenvalue weighted by Crippen LogP contribution is -2.26. The molecule has 2 aromatic rings. The van der Waals surface area contributed by atoms with Crippen molar-refractivity contribution < 1.29 is 8.42 Å². The van der Waals surface area contributed by atoms with Crippen molar-refractivity contribution in [3.05, 3.63) is 10.9 Å². The van der Waals surface area contributed by atoms with E-state index >= 15 is 0 Å².